The maximum atomic E-state index is 12.0. The molecule has 0 spiro atoms. The molecule has 0 aromatic heterocycles. The Hall–Kier alpha value is -0.770. The summed E-state index contributed by atoms with van der Waals surface area (Å²) in [5.41, 5.74) is 6.04. The van der Waals surface area contributed by atoms with Gasteiger partial charge in [-0.1, -0.05) is 23.2 Å². The van der Waals surface area contributed by atoms with E-state index in [2.05, 4.69) is 5.32 Å². The Balaban J connectivity index is 2.10. The van der Waals surface area contributed by atoms with Gasteiger partial charge in [0, 0.05) is 17.6 Å². The molecule has 92 valence electrons. The van der Waals surface area contributed by atoms with Crippen LogP contribution in [0.1, 0.15) is 23.2 Å². The highest BCUT2D eigenvalue weighted by Crippen LogP contribution is 2.32. The number of amides is 1. The molecule has 0 saturated heterocycles. The van der Waals surface area contributed by atoms with Crippen LogP contribution in [-0.4, -0.2) is 18.5 Å². The normalized spacial score (nSPS) is 16.6. The fourth-order valence-corrected chi connectivity index (χ4v) is 2.16. The average Bonchev–Trinajstić information content (AvgIpc) is 3.13. The Labute approximate surface area is 110 Å². The van der Waals surface area contributed by atoms with E-state index >= 15 is 0 Å². The van der Waals surface area contributed by atoms with E-state index in [1.165, 1.54) is 0 Å². The van der Waals surface area contributed by atoms with Gasteiger partial charge in [-0.15, -0.1) is 0 Å². The molecule has 3 N–H and O–H groups in total. The van der Waals surface area contributed by atoms with Crippen LogP contribution in [0.4, 0.5) is 0 Å². The van der Waals surface area contributed by atoms with Crippen molar-refractivity contribution < 1.29 is 4.79 Å². The lowest BCUT2D eigenvalue weighted by atomic mass is 10.1. The van der Waals surface area contributed by atoms with Crippen molar-refractivity contribution in [1.29, 1.82) is 0 Å². The number of hydrogen-bond acceptors (Lipinski definition) is 2. The number of halogens is 2. The van der Waals surface area contributed by atoms with Crippen LogP contribution in [0.2, 0.25) is 10.0 Å². The standard InChI is InChI=1S/C12H14Cl2N2O/c13-8-3-4-10(14)9(5-8)12(17)16-11(6-15)7-1-2-7/h3-5,7,11H,1-2,6,15H2,(H,16,17). The van der Waals surface area contributed by atoms with Crippen molar-refractivity contribution >= 4 is 29.1 Å². The van der Waals surface area contributed by atoms with Crippen LogP contribution < -0.4 is 11.1 Å². The lowest BCUT2D eigenvalue weighted by Crippen LogP contribution is -2.41. The monoisotopic (exact) mass is 272 g/mol. The number of benzene rings is 1. The molecule has 1 aromatic rings. The number of nitrogens with one attached hydrogen (secondary N) is 1. The van der Waals surface area contributed by atoms with E-state index in [0.717, 1.165) is 12.8 Å². The Morgan fingerprint density at radius 2 is 2.18 bits per heavy atom. The van der Waals surface area contributed by atoms with E-state index in [-0.39, 0.29) is 11.9 Å². The molecule has 1 aliphatic rings. The quantitative estimate of drug-likeness (QED) is 0.885. The summed E-state index contributed by atoms with van der Waals surface area (Å²) in [7, 11) is 0. The highest BCUT2D eigenvalue weighted by Gasteiger charge is 2.31. The molecule has 2 rings (SSSR count). The summed E-state index contributed by atoms with van der Waals surface area (Å²) >= 11 is 11.8. The van der Waals surface area contributed by atoms with Crippen molar-refractivity contribution in [2.45, 2.75) is 18.9 Å². The molecule has 17 heavy (non-hydrogen) atoms. The van der Waals surface area contributed by atoms with Crippen LogP contribution >= 0.6 is 23.2 Å². The minimum atomic E-state index is -0.208. The second-order valence-corrected chi connectivity index (χ2v) is 5.12. The molecule has 0 bridgehead atoms. The first-order valence-electron chi connectivity index (χ1n) is 5.58. The third-order valence-electron chi connectivity index (χ3n) is 2.93. The Morgan fingerprint density at radius 1 is 1.47 bits per heavy atom. The third-order valence-corrected chi connectivity index (χ3v) is 3.50. The van der Waals surface area contributed by atoms with Crippen LogP contribution in [0.25, 0.3) is 0 Å². The summed E-state index contributed by atoms with van der Waals surface area (Å²) in [6, 6.07) is 4.88. The number of carbonyl (C=O) groups is 1. The van der Waals surface area contributed by atoms with Crippen LogP contribution in [0, 0.1) is 5.92 Å². The number of carbonyl (C=O) groups excluding carboxylic acids is 1. The van der Waals surface area contributed by atoms with Crippen molar-refractivity contribution in [3.8, 4) is 0 Å². The van der Waals surface area contributed by atoms with Crippen molar-refractivity contribution in [3.05, 3.63) is 33.8 Å². The van der Waals surface area contributed by atoms with E-state index < -0.39 is 0 Å². The molecule has 1 fully saturated rings. The van der Waals surface area contributed by atoms with Crippen LogP contribution in [0.15, 0.2) is 18.2 Å². The van der Waals surface area contributed by atoms with Crippen LogP contribution in [0.3, 0.4) is 0 Å². The van der Waals surface area contributed by atoms with Gasteiger partial charge in [0.25, 0.3) is 5.91 Å². The Bertz CT molecular complexity index is 433. The van der Waals surface area contributed by atoms with Gasteiger partial charge in [0.05, 0.1) is 10.6 Å². The van der Waals surface area contributed by atoms with Crippen molar-refractivity contribution in [1.82, 2.24) is 5.32 Å². The topological polar surface area (TPSA) is 55.1 Å². The second-order valence-electron chi connectivity index (χ2n) is 4.28. The van der Waals surface area contributed by atoms with Crippen molar-refractivity contribution in [3.63, 3.8) is 0 Å². The van der Waals surface area contributed by atoms with E-state index in [0.29, 0.717) is 28.1 Å². The van der Waals surface area contributed by atoms with E-state index in [4.69, 9.17) is 28.9 Å². The van der Waals surface area contributed by atoms with Crippen LogP contribution in [-0.2, 0) is 0 Å². The third kappa shape index (κ3) is 3.12. The average molecular weight is 273 g/mol. The summed E-state index contributed by atoms with van der Waals surface area (Å²) in [4.78, 5) is 12.0. The molecule has 1 amide bonds. The number of hydrogen-bond donors (Lipinski definition) is 2. The van der Waals surface area contributed by atoms with Gasteiger partial charge in [0.1, 0.15) is 0 Å². The van der Waals surface area contributed by atoms with Gasteiger partial charge in [-0.3, -0.25) is 4.79 Å². The Kier molecular flexibility index (Phi) is 3.92. The predicted octanol–water partition coefficient (Wildman–Crippen LogP) is 2.46. The molecule has 0 aliphatic heterocycles. The molecule has 1 atom stereocenters. The maximum absolute atomic E-state index is 12.0. The summed E-state index contributed by atoms with van der Waals surface area (Å²) in [6.07, 6.45) is 2.26. The molecule has 1 aromatic carbocycles. The largest absolute Gasteiger partial charge is 0.348 e. The summed E-state index contributed by atoms with van der Waals surface area (Å²) in [5, 5.41) is 3.80. The van der Waals surface area contributed by atoms with Gasteiger partial charge in [-0.2, -0.15) is 0 Å². The zero-order valence-electron chi connectivity index (χ0n) is 9.25. The minimum absolute atomic E-state index is 0.0394. The van der Waals surface area contributed by atoms with Gasteiger partial charge in [-0.25, -0.2) is 0 Å². The fourth-order valence-electron chi connectivity index (χ4n) is 1.79. The highest BCUT2D eigenvalue weighted by atomic mass is 35.5. The summed E-state index contributed by atoms with van der Waals surface area (Å²) in [6.45, 7) is 0.453. The lowest BCUT2D eigenvalue weighted by molar-refractivity contribution is 0.0933. The molecule has 1 saturated carbocycles. The predicted molar refractivity (Wildman–Crippen MR) is 69.5 cm³/mol. The first-order valence-corrected chi connectivity index (χ1v) is 6.33. The maximum Gasteiger partial charge on any atom is 0.253 e. The van der Waals surface area contributed by atoms with Gasteiger partial charge in [0.15, 0.2) is 0 Å². The molecular weight excluding hydrogens is 259 g/mol. The zero-order valence-corrected chi connectivity index (χ0v) is 10.8. The van der Waals surface area contributed by atoms with Crippen molar-refractivity contribution in [2.24, 2.45) is 11.7 Å². The van der Waals surface area contributed by atoms with Gasteiger partial charge in [-0.05, 0) is 37.0 Å². The molecule has 0 radical (unpaired) electrons. The van der Waals surface area contributed by atoms with E-state index in [1.807, 2.05) is 0 Å². The molecule has 1 unspecified atom stereocenters. The smallest absolute Gasteiger partial charge is 0.253 e. The van der Waals surface area contributed by atoms with Gasteiger partial charge >= 0.3 is 0 Å². The fraction of sp³-hybridized carbons (Fsp3) is 0.417. The van der Waals surface area contributed by atoms with Crippen LogP contribution in [0.5, 0.6) is 0 Å². The minimum Gasteiger partial charge on any atom is -0.348 e. The highest BCUT2D eigenvalue weighted by molar-refractivity contribution is 6.35. The molecule has 3 nitrogen and oxygen atoms in total. The van der Waals surface area contributed by atoms with Crippen molar-refractivity contribution in [2.75, 3.05) is 6.54 Å². The molecule has 5 heteroatoms. The Morgan fingerprint density at radius 3 is 2.76 bits per heavy atom. The number of rotatable bonds is 4. The van der Waals surface area contributed by atoms with Gasteiger partial charge in [0.2, 0.25) is 0 Å². The summed E-state index contributed by atoms with van der Waals surface area (Å²) in [5.74, 6) is 0.307. The number of nitrogens with two attached hydrogens (primary N) is 1. The van der Waals surface area contributed by atoms with Gasteiger partial charge < -0.3 is 11.1 Å². The molecule has 1 aliphatic carbocycles. The first-order chi connectivity index (χ1) is 8.11. The lowest BCUT2D eigenvalue weighted by Gasteiger charge is -2.16. The summed E-state index contributed by atoms with van der Waals surface area (Å²) < 4.78 is 0. The second kappa shape index (κ2) is 5.25. The van der Waals surface area contributed by atoms with E-state index in [9.17, 15) is 4.79 Å². The SMILES string of the molecule is NCC(NC(=O)c1cc(Cl)ccc1Cl)C1CC1. The molecular formula is C12H14Cl2N2O. The molecule has 0 heterocycles. The first kappa shape index (κ1) is 12.7. The van der Waals surface area contributed by atoms with E-state index in [1.54, 1.807) is 18.2 Å². The zero-order chi connectivity index (χ0) is 12.4.